The molecule has 0 N–H and O–H groups in total. The molecule has 0 bridgehead atoms. The zero-order valence-corrected chi connectivity index (χ0v) is 13.3. The van der Waals surface area contributed by atoms with Crippen molar-refractivity contribution < 1.29 is 22.7 Å². The van der Waals surface area contributed by atoms with E-state index in [0.717, 1.165) is 4.90 Å². The minimum atomic E-state index is -4.47. The van der Waals surface area contributed by atoms with Gasteiger partial charge in [0.15, 0.2) is 0 Å². The number of nitrogens with zero attached hydrogens (tertiary/aromatic N) is 1. The molecule has 0 radical (unpaired) electrons. The molecule has 3 nitrogen and oxygen atoms in total. The zero-order chi connectivity index (χ0) is 16.9. The van der Waals surface area contributed by atoms with Crippen molar-refractivity contribution >= 4 is 17.2 Å². The van der Waals surface area contributed by atoms with E-state index in [1.807, 2.05) is 0 Å². The highest BCUT2D eigenvalue weighted by atomic mass is 32.1. The molecule has 2 aromatic rings. The molecule has 23 heavy (non-hydrogen) atoms. The van der Waals surface area contributed by atoms with Crippen molar-refractivity contribution in [3.63, 3.8) is 0 Å². The molecule has 124 valence electrons. The fourth-order valence-electron chi connectivity index (χ4n) is 2.11. The van der Waals surface area contributed by atoms with Crippen LogP contribution in [0.1, 0.15) is 22.8 Å². The van der Waals surface area contributed by atoms with Crippen molar-refractivity contribution in [1.29, 1.82) is 0 Å². The Labute approximate surface area is 136 Å². The molecule has 1 aromatic heterocycles. The smallest absolute Gasteiger partial charge is 0.406 e. The Balaban J connectivity index is 2.28. The first-order chi connectivity index (χ1) is 10.9. The van der Waals surface area contributed by atoms with Crippen LogP contribution in [0, 0.1) is 0 Å². The van der Waals surface area contributed by atoms with E-state index >= 15 is 0 Å². The van der Waals surface area contributed by atoms with Gasteiger partial charge in [0.1, 0.15) is 12.3 Å². The van der Waals surface area contributed by atoms with Gasteiger partial charge in [0, 0.05) is 6.54 Å². The lowest BCUT2D eigenvalue weighted by molar-refractivity contribution is -0.141. The monoisotopic (exact) mass is 343 g/mol. The number of hydrogen-bond acceptors (Lipinski definition) is 3. The van der Waals surface area contributed by atoms with E-state index in [2.05, 4.69) is 0 Å². The summed E-state index contributed by atoms with van der Waals surface area (Å²) < 4.78 is 43.9. The highest BCUT2D eigenvalue weighted by Gasteiger charge is 2.34. The Bertz CT molecular complexity index is 641. The van der Waals surface area contributed by atoms with E-state index in [1.165, 1.54) is 17.4 Å². The molecule has 0 aliphatic carbocycles. The molecule has 1 amide bonds. The molecule has 0 aliphatic heterocycles. The Morgan fingerprint density at radius 1 is 1.26 bits per heavy atom. The van der Waals surface area contributed by atoms with Gasteiger partial charge in [-0.15, -0.1) is 0 Å². The molecule has 0 unspecified atom stereocenters. The molecular weight excluding hydrogens is 327 g/mol. The number of ether oxygens (including phenoxy) is 1. The lowest BCUT2D eigenvalue weighted by Crippen LogP contribution is -2.38. The Morgan fingerprint density at radius 3 is 2.61 bits per heavy atom. The van der Waals surface area contributed by atoms with Crippen molar-refractivity contribution in [2.75, 3.05) is 13.2 Å². The number of benzene rings is 1. The number of rotatable bonds is 6. The number of para-hydroxylation sites is 1. The van der Waals surface area contributed by atoms with Crippen molar-refractivity contribution in [3.05, 3.63) is 52.2 Å². The summed E-state index contributed by atoms with van der Waals surface area (Å²) in [4.78, 5) is 13.4. The van der Waals surface area contributed by atoms with Gasteiger partial charge in [-0.25, -0.2) is 0 Å². The van der Waals surface area contributed by atoms with Crippen molar-refractivity contribution in [2.24, 2.45) is 0 Å². The highest BCUT2D eigenvalue weighted by Crippen LogP contribution is 2.24. The molecule has 0 saturated heterocycles. The third kappa shape index (κ3) is 4.99. The summed E-state index contributed by atoms with van der Waals surface area (Å²) in [6.07, 6.45) is -4.47. The predicted octanol–water partition coefficient (Wildman–Crippen LogP) is 4.35. The zero-order valence-electron chi connectivity index (χ0n) is 12.5. The van der Waals surface area contributed by atoms with Gasteiger partial charge in [-0.3, -0.25) is 4.79 Å². The van der Waals surface area contributed by atoms with Crippen LogP contribution in [0.5, 0.6) is 5.75 Å². The van der Waals surface area contributed by atoms with Crippen LogP contribution >= 0.6 is 11.3 Å². The Morgan fingerprint density at radius 2 is 2.00 bits per heavy atom. The van der Waals surface area contributed by atoms with Crippen LogP contribution in [0.15, 0.2) is 41.1 Å². The maximum atomic E-state index is 12.8. The van der Waals surface area contributed by atoms with Crippen molar-refractivity contribution in [1.82, 2.24) is 4.90 Å². The van der Waals surface area contributed by atoms with E-state index in [-0.39, 0.29) is 17.9 Å². The molecule has 1 heterocycles. The van der Waals surface area contributed by atoms with E-state index in [1.54, 1.807) is 41.9 Å². The van der Waals surface area contributed by atoms with E-state index in [9.17, 15) is 18.0 Å². The number of carbonyl (C=O) groups excluding carboxylic acids is 1. The maximum absolute atomic E-state index is 12.8. The maximum Gasteiger partial charge on any atom is 0.406 e. The molecule has 0 aliphatic rings. The minimum absolute atomic E-state index is 0.0949. The van der Waals surface area contributed by atoms with Gasteiger partial charge in [0.25, 0.3) is 5.91 Å². The normalized spacial score (nSPS) is 11.3. The second-order valence-corrected chi connectivity index (χ2v) is 5.62. The third-order valence-electron chi connectivity index (χ3n) is 3.03. The summed E-state index contributed by atoms with van der Waals surface area (Å²) in [6, 6.07) is 8.04. The quantitative estimate of drug-likeness (QED) is 0.780. The van der Waals surface area contributed by atoms with Gasteiger partial charge in [-0.05, 0) is 41.4 Å². The number of alkyl halides is 3. The van der Waals surface area contributed by atoms with Gasteiger partial charge >= 0.3 is 6.18 Å². The molecule has 0 spiro atoms. The van der Waals surface area contributed by atoms with Crippen LogP contribution in [-0.2, 0) is 6.54 Å². The fraction of sp³-hybridized carbons (Fsp3) is 0.312. The molecule has 7 heteroatoms. The summed E-state index contributed by atoms with van der Waals surface area (Å²) in [7, 11) is 0. The molecule has 0 atom stereocenters. The van der Waals surface area contributed by atoms with Crippen molar-refractivity contribution in [3.8, 4) is 5.75 Å². The first-order valence-corrected chi connectivity index (χ1v) is 7.94. The SMILES string of the molecule is CCOc1ccccc1C(=O)N(Cc1ccsc1)CC(F)(F)F. The van der Waals surface area contributed by atoms with Gasteiger partial charge in [-0.2, -0.15) is 24.5 Å². The van der Waals surface area contributed by atoms with E-state index in [0.29, 0.717) is 12.2 Å². The third-order valence-corrected chi connectivity index (χ3v) is 3.76. The lowest BCUT2D eigenvalue weighted by Gasteiger charge is -2.24. The van der Waals surface area contributed by atoms with Crippen LogP contribution in [0.25, 0.3) is 0 Å². The summed E-state index contributed by atoms with van der Waals surface area (Å²) in [5, 5.41) is 3.49. The van der Waals surface area contributed by atoms with E-state index < -0.39 is 18.6 Å². The van der Waals surface area contributed by atoms with Crippen LogP contribution < -0.4 is 4.74 Å². The number of amides is 1. The van der Waals surface area contributed by atoms with Crippen molar-refractivity contribution in [2.45, 2.75) is 19.6 Å². The van der Waals surface area contributed by atoms with Gasteiger partial charge in [-0.1, -0.05) is 12.1 Å². The largest absolute Gasteiger partial charge is 0.493 e. The average molecular weight is 343 g/mol. The summed E-state index contributed by atoms with van der Waals surface area (Å²) in [6.45, 7) is 0.679. The average Bonchev–Trinajstić information content (AvgIpc) is 2.98. The van der Waals surface area contributed by atoms with Crippen LogP contribution in [0.4, 0.5) is 13.2 Å². The standard InChI is InChI=1S/C16H16F3NO2S/c1-2-22-14-6-4-3-5-13(14)15(21)20(11-16(17,18)19)9-12-7-8-23-10-12/h3-8,10H,2,9,11H2,1H3. The lowest BCUT2D eigenvalue weighted by atomic mass is 10.1. The fourth-order valence-corrected chi connectivity index (χ4v) is 2.77. The second kappa shape index (κ2) is 7.50. The first kappa shape index (κ1) is 17.3. The van der Waals surface area contributed by atoms with E-state index in [4.69, 9.17) is 4.74 Å². The van der Waals surface area contributed by atoms with Crippen LogP contribution in [0.2, 0.25) is 0 Å². The summed E-state index contributed by atoms with van der Waals surface area (Å²) in [5.41, 5.74) is 0.801. The predicted molar refractivity (Wildman–Crippen MR) is 82.7 cm³/mol. The summed E-state index contributed by atoms with van der Waals surface area (Å²) in [5.74, 6) is -0.407. The topological polar surface area (TPSA) is 29.5 Å². The number of carbonyl (C=O) groups is 1. The van der Waals surface area contributed by atoms with Crippen LogP contribution in [0.3, 0.4) is 0 Å². The second-order valence-electron chi connectivity index (χ2n) is 4.84. The van der Waals surface area contributed by atoms with Gasteiger partial charge in [0.05, 0.1) is 12.2 Å². The number of hydrogen-bond donors (Lipinski definition) is 0. The van der Waals surface area contributed by atoms with Gasteiger partial charge in [0.2, 0.25) is 0 Å². The molecular formula is C16H16F3NO2S. The highest BCUT2D eigenvalue weighted by molar-refractivity contribution is 7.07. The molecule has 1 aromatic carbocycles. The Kier molecular flexibility index (Phi) is 5.65. The van der Waals surface area contributed by atoms with Crippen LogP contribution in [-0.4, -0.2) is 30.1 Å². The molecule has 2 rings (SSSR count). The number of halogens is 3. The van der Waals surface area contributed by atoms with Gasteiger partial charge < -0.3 is 9.64 Å². The number of thiophene rings is 1. The first-order valence-electron chi connectivity index (χ1n) is 6.99. The Hall–Kier alpha value is -2.02. The minimum Gasteiger partial charge on any atom is -0.493 e. The molecule has 0 fully saturated rings. The molecule has 0 saturated carbocycles. The summed E-state index contributed by atoms with van der Waals surface area (Å²) >= 11 is 1.37.